The Bertz CT molecular complexity index is 242. The van der Waals surface area contributed by atoms with Gasteiger partial charge in [0.1, 0.15) is 6.04 Å². The smallest absolute Gasteiger partial charge is 0.321 e. The molecule has 1 rings (SSSR count). The van der Waals surface area contributed by atoms with Gasteiger partial charge in [0.2, 0.25) is 5.12 Å². The first-order valence-corrected chi connectivity index (χ1v) is 4.76. The summed E-state index contributed by atoms with van der Waals surface area (Å²) in [5.74, 6) is -0.859. The van der Waals surface area contributed by atoms with Crippen molar-refractivity contribution in [3.05, 3.63) is 12.7 Å². The molecule has 5 heteroatoms. The first-order valence-electron chi connectivity index (χ1n) is 3.99. The van der Waals surface area contributed by atoms with Gasteiger partial charge < -0.3 is 5.11 Å². The van der Waals surface area contributed by atoms with Crippen LogP contribution in [0.4, 0.5) is 0 Å². The quantitative estimate of drug-likeness (QED) is 0.543. The number of carboxylic acid groups (broad SMARTS) is 1. The third-order valence-electron chi connectivity index (χ3n) is 1.86. The number of carbonyl (C=O) groups is 2. The summed E-state index contributed by atoms with van der Waals surface area (Å²) in [4.78, 5) is 21.6. The number of rotatable bonds is 3. The molecule has 0 aromatic heterocycles. The van der Waals surface area contributed by atoms with Crippen molar-refractivity contribution in [3.8, 4) is 0 Å². The van der Waals surface area contributed by atoms with Crippen molar-refractivity contribution in [3.63, 3.8) is 0 Å². The minimum Gasteiger partial charge on any atom is -0.480 e. The van der Waals surface area contributed by atoms with E-state index in [-0.39, 0.29) is 5.12 Å². The Kier molecular flexibility index (Phi) is 3.50. The molecule has 1 aliphatic heterocycles. The molecular formula is C8H11NO3S. The van der Waals surface area contributed by atoms with Gasteiger partial charge in [-0.2, -0.15) is 0 Å². The Hall–Kier alpha value is -0.810. The Morgan fingerprint density at radius 2 is 2.31 bits per heavy atom. The van der Waals surface area contributed by atoms with Gasteiger partial charge in [0.15, 0.2) is 0 Å². The normalized spacial score (nSPS) is 22.9. The Morgan fingerprint density at radius 1 is 1.62 bits per heavy atom. The number of aliphatic carboxylic acids is 1. The highest BCUT2D eigenvalue weighted by Crippen LogP contribution is 2.25. The van der Waals surface area contributed by atoms with Gasteiger partial charge in [-0.05, 0) is 18.9 Å². The van der Waals surface area contributed by atoms with E-state index in [9.17, 15) is 9.59 Å². The molecule has 1 fully saturated rings. The SMILES string of the molecule is C=CC(=O)SN1CCC[C@@H]1C(=O)O. The van der Waals surface area contributed by atoms with Crippen molar-refractivity contribution in [1.29, 1.82) is 0 Å². The first kappa shape index (κ1) is 10.3. The largest absolute Gasteiger partial charge is 0.480 e. The van der Waals surface area contributed by atoms with E-state index in [4.69, 9.17) is 5.11 Å². The molecule has 0 spiro atoms. The van der Waals surface area contributed by atoms with Crippen molar-refractivity contribution in [2.75, 3.05) is 6.54 Å². The minimum atomic E-state index is -0.859. The fourth-order valence-corrected chi connectivity index (χ4v) is 2.10. The molecule has 72 valence electrons. The summed E-state index contributed by atoms with van der Waals surface area (Å²) < 4.78 is 1.60. The molecule has 1 heterocycles. The van der Waals surface area contributed by atoms with Crippen LogP contribution in [0.1, 0.15) is 12.8 Å². The van der Waals surface area contributed by atoms with Gasteiger partial charge >= 0.3 is 5.97 Å². The number of nitrogens with zero attached hydrogens (tertiary/aromatic N) is 1. The zero-order valence-electron chi connectivity index (χ0n) is 7.10. The topological polar surface area (TPSA) is 57.6 Å². The molecule has 0 saturated carbocycles. The average molecular weight is 201 g/mol. The van der Waals surface area contributed by atoms with Gasteiger partial charge in [0.25, 0.3) is 0 Å². The highest BCUT2D eigenvalue weighted by Gasteiger charge is 2.31. The van der Waals surface area contributed by atoms with E-state index in [1.165, 1.54) is 6.08 Å². The van der Waals surface area contributed by atoms with Crippen LogP contribution in [0.25, 0.3) is 0 Å². The van der Waals surface area contributed by atoms with Gasteiger partial charge in [-0.3, -0.25) is 9.59 Å². The fraction of sp³-hybridized carbons (Fsp3) is 0.500. The Labute approximate surface area is 80.7 Å². The highest BCUT2D eigenvalue weighted by molar-refractivity contribution is 8.12. The van der Waals surface area contributed by atoms with Crippen LogP contribution in [0.2, 0.25) is 0 Å². The predicted octanol–water partition coefficient (Wildman–Crippen LogP) is 0.896. The molecule has 0 unspecified atom stereocenters. The lowest BCUT2D eigenvalue weighted by Gasteiger charge is -2.17. The number of hydrogen-bond donors (Lipinski definition) is 1. The molecular weight excluding hydrogens is 190 g/mol. The number of hydrogen-bond acceptors (Lipinski definition) is 4. The zero-order valence-corrected chi connectivity index (χ0v) is 7.92. The summed E-state index contributed by atoms with van der Waals surface area (Å²) >= 11 is 0.939. The van der Waals surface area contributed by atoms with E-state index in [0.29, 0.717) is 13.0 Å². The summed E-state index contributed by atoms with van der Waals surface area (Å²) in [5, 5.41) is 8.58. The average Bonchev–Trinajstić information content (AvgIpc) is 2.52. The predicted molar refractivity (Wildman–Crippen MR) is 50.2 cm³/mol. The first-order chi connectivity index (χ1) is 6.15. The van der Waals surface area contributed by atoms with Gasteiger partial charge in [0, 0.05) is 18.5 Å². The second-order valence-corrected chi connectivity index (χ2v) is 3.81. The van der Waals surface area contributed by atoms with Crippen molar-refractivity contribution in [1.82, 2.24) is 4.31 Å². The summed E-state index contributed by atoms with van der Waals surface area (Å²) in [5.41, 5.74) is 0. The molecule has 0 bridgehead atoms. The van der Waals surface area contributed by atoms with Crippen molar-refractivity contribution in [2.24, 2.45) is 0 Å². The zero-order chi connectivity index (χ0) is 9.84. The van der Waals surface area contributed by atoms with Crippen molar-refractivity contribution >= 4 is 23.0 Å². The van der Waals surface area contributed by atoms with Gasteiger partial charge in [-0.25, -0.2) is 4.31 Å². The van der Waals surface area contributed by atoms with Crippen LogP contribution in [0, 0.1) is 0 Å². The van der Waals surface area contributed by atoms with Gasteiger partial charge in [0.05, 0.1) is 0 Å². The molecule has 0 aliphatic carbocycles. The molecule has 1 saturated heterocycles. The molecule has 1 aliphatic rings. The molecule has 4 nitrogen and oxygen atoms in total. The molecule has 0 amide bonds. The van der Waals surface area contributed by atoms with Gasteiger partial charge in [-0.1, -0.05) is 6.58 Å². The second kappa shape index (κ2) is 4.43. The van der Waals surface area contributed by atoms with Crippen LogP contribution < -0.4 is 0 Å². The lowest BCUT2D eigenvalue weighted by Crippen LogP contribution is -2.31. The van der Waals surface area contributed by atoms with E-state index in [0.717, 1.165) is 18.4 Å². The number of carbonyl (C=O) groups excluding carboxylic acids is 1. The van der Waals surface area contributed by atoms with E-state index in [2.05, 4.69) is 6.58 Å². The standard InChI is InChI=1S/C8H11NO3S/c1-2-7(10)13-9-5-3-4-6(9)8(11)12/h2,6H,1,3-5H2,(H,11,12)/t6-/m1/s1. The monoisotopic (exact) mass is 201 g/mol. The maximum absolute atomic E-state index is 10.9. The lowest BCUT2D eigenvalue weighted by atomic mass is 10.2. The maximum Gasteiger partial charge on any atom is 0.321 e. The molecule has 0 aromatic rings. The van der Waals surface area contributed by atoms with E-state index in [1.807, 2.05) is 0 Å². The summed E-state index contributed by atoms with van der Waals surface area (Å²) in [6, 6.07) is -0.520. The van der Waals surface area contributed by atoms with Crippen LogP contribution in [0.5, 0.6) is 0 Å². The van der Waals surface area contributed by atoms with Crippen LogP contribution in [-0.4, -0.2) is 33.1 Å². The van der Waals surface area contributed by atoms with Crippen molar-refractivity contribution < 1.29 is 14.7 Å². The highest BCUT2D eigenvalue weighted by atomic mass is 32.2. The third-order valence-corrected chi connectivity index (χ3v) is 2.88. The van der Waals surface area contributed by atoms with Crippen molar-refractivity contribution in [2.45, 2.75) is 18.9 Å². The summed E-state index contributed by atoms with van der Waals surface area (Å²) in [6.45, 7) is 3.98. The van der Waals surface area contributed by atoms with Crippen LogP contribution >= 0.6 is 11.9 Å². The molecule has 13 heavy (non-hydrogen) atoms. The molecule has 1 N–H and O–H groups in total. The van der Waals surface area contributed by atoms with E-state index < -0.39 is 12.0 Å². The fourth-order valence-electron chi connectivity index (χ4n) is 1.25. The summed E-state index contributed by atoms with van der Waals surface area (Å²) in [7, 11) is 0. The van der Waals surface area contributed by atoms with E-state index in [1.54, 1.807) is 4.31 Å². The van der Waals surface area contributed by atoms with Crippen LogP contribution in [-0.2, 0) is 9.59 Å². The molecule has 0 aromatic carbocycles. The van der Waals surface area contributed by atoms with E-state index >= 15 is 0 Å². The maximum atomic E-state index is 10.9. The van der Waals surface area contributed by atoms with Crippen LogP contribution in [0.3, 0.4) is 0 Å². The third kappa shape index (κ3) is 2.57. The summed E-state index contributed by atoms with van der Waals surface area (Å²) in [6.07, 6.45) is 2.64. The Balaban J connectivity index is 2.53. The molecule has 0 radical (unpaired) electrons. The number of carboxylic acids is 1. The lowest BCUT2D eigenvalue weighted by molar-refractivity contribution is -0.140. The molecule has 1 atom stereocenters. The minimum absolute atomic E-state index is 0.201. The Morgan fingerprint density at radius 3 is 2.85 bits per heavy atom. The van der Waals surface area contributed by atoms with Gasteiger partial charge in [-0.15, -0.1) is 0 Å². The second-order valence-electron chi connectivity index (χ2n) is 2.75. The van der Waals surface area contributed by atoms with Crippen LogP contribution in [0.15, 0.2) is 12.7 Å².